The van der Waals surface area contributed by atoms with Gasteiger partial charge in [0.2, 0.25) is 11.2 Å². The summed E-state index contributed by atoms with van der Waals surface area (Å²) in [6.07, 6.45) is 8.67. The Kier molecular flexibility index (Phi) is 6.67. The van der Waals surface area contributed by atoms with Gasteiger partial charge >= 0.3 is 5.92 Å². The van der Waals surface area contributed by atoms with Gasteiger partial charge in [0.1, 0.15) is 11.4 Å². The summed E-state index contributed by atoms with van der Waals surface area (Å²) in [5.41, 5.74) is -0.752. The van der Waals surface area contributed by atoms with Gasteiger partial charge < -0.3 is 14.6 Å². The van der Waals surface area contributed by atoms with E-state index in [1.165, 1.54) is 0 Å². The molecule has 1 atom stereocenters. The monoisotopic (exact) mass is 479 g/mol. The molecule has 0 radical (unpaired) electrons. The van der Waals surface area contributed by atoms with E-state index in [1.807, 2.05) is 0 Å². The molecule has 0 fully saturated rings. The van der Waals surface area contributed by atoms with Gasteiger partial charge in [0.05, 0.1) is 16.1 Å². The van der Waals surface area contributed by atoms with Crippen molar-refractivity contribution < 1.29 is 22.8 Å². The van der Waals surface area contributed by atoms with Crippen LogP contribution in [0.15, 0.2) is 35.0 Å². The normalized spacial score (nSPS) is 12.9. The van der Waals surface area contributed by atoms with E-state index in [9.17, 15) is 13.6 Å². The Bertz CT molecular complexity index is 1200. The zero-order valence-electron chi connectivity index (χ0n) is 17.7. The van der Waals surface area contributed by atoms with Gasteiger partial charge in [0, 0.05) is 36.2 Å². The van der Waals surface area contributed by atoms with Crippen LogP contribution in [0.5, 0.6) is 5.75 Å². The van der Waals surface area contributed by atoms with Crippen LogP contribution in [0.1, 0.15) is 37.8 Å². The molecule has 2 heterocycles. The Hall–Kier alpha value is -2.83. The lowest BCUT2D eigenvalue weighted by Gasteiger charge is -2.26. The maximum absolute atomic E-state index is 13.5. The van der Waals surface area contributed by atoms with Crippen LogP contribution in [0.4, 0.5) is 8.78 Å². The largest absolute Gasteiger partial charge is 0.470 e. The minimum atomic E-state index is -3.18. The first-order valence-corrected chi connectivity index (χ1v) is 11.0. The molecular weight excluding hydrogens is 460 g/mol. The van der Waals surface area contributed by atoms with Crippen LogP contribution in [-0.4, -0.2) is 27.7 Å². The summed E-state index contributed by atoms with van der Waals surface area (Å²) in [5, 5.41) is 7.45. The summed E-state index contributed by atoms with van der Waals surface area (Å²) in [6.45, 7) is 3.95. The first-order valence-electron chi connectivity index (χ1n) is 9.37. The SMILES string of the molecule is C#Cc1cnc2c(Cl)cc(OC(SC)C(=O)NC(C)(C)c3cc(C(C)(F)F)on3)cc2c1. The minimum absolute atomic E-state index is 0.156. The number of amides is 1. The number of hydrogen-bond acceptors (Lipinski definition) is 6. The lowest BCUT2D eigenvalue weighted by atomic mass is 10.00. The number of nitrogens with zero attached hydrogens (tertiary/aromatic N) is 2. The Labute approximate surface area is 193 Å². The van der Waals surface area contributed by atoms with Crippen LogP contribution in [0.2, 0.25) is 5.02 Å². The van der Waals surface area contributed by atoms with E-state index >= 15 is 0 Å². The summed E-state index contributed by atoms with van der Waals surface area (Å²) in [5.74, 6) is -1.40. The van der Waals surface area contributed by atoms with Gasteiger partial charge in [-0.05, 0) is 32.2 Å². The highest BCUT2D eigenvalue weighted by Crippen LogP contribution is 2.32. The molecule has 0 saturated heterocycles. The van der Waals surface area contributed by atoms with Crippen molar-refractivity contribution in [3.8, 4) is 18.1 Å². The van der Waals surface area contributed by atoms with E-state index < -0.39 is 28.6 Å². The number of benzene rings is 1. The molecule has 0 aliphatic carbocycles. The smallest absolute Gasteiger partial charge is 0.304 e. The number of carbonyl (C=O) groups excluding carboxylic acids is 1. The number of thioether (sulfide) groups is 1. The minimum Gasteiger partial charge on any atom is -0.470 e. The Morgan fingerprint density at radius 2 is 2.03 bits per heavy atom. The van der Waals surface area contributed by atoms with Crippen molar-refractivity contribution >= 4 is 40.2 Å². The molecule has 1 amide bonds. The first-order chi connectivity index (χ1) is 14.9. The zero-order chi connectivity index (χ0) is 23.7. The van der Waals surface area contributed by atoms with Gasteiger partial charge in [-0.2, -0.15) is 8.78 Å². The highest BCUT2D eigenvalue weighted by Gasteiger charge is 2.35. The third kappa shape index (κ3) is 5.14. The molecule has 2 aromatic heterocycles. The van der Waals surface area contributed by atoms with Crippen molar-refractivity contribution in [1.29, 1.82) is 0 Å². The standard InChI is InChI=1S/C22H20ClF2N3O3S/c1-6-12-7-13-8-14(9-15(23)18(13)26-11-12)30-20(32-5)19(29)27-21(2,3)16-10-17(31-28-16)22(4,24)25/h1,7-11,20H,2-5H3,(H,27,29). The number of ether oxygens (including phenoxy) is 1. The summed E-state index contributed by atoms with van der Waals surface area (Å²) in [7, 11) is 0. The number of aromatic nitrogens is 2. The molecule has 1 aromatic carbocycles. The molecule has 1 unspecified atom stereocenters. The fraction of sp³-hybridized carbons (Fsp3) is 0.318. The van der Waals surface area contributed by atoms with E-state index in [0.29, 0.717) is 34.2 Å². The summed E-state index contributed by atoms with van der Waals surface area (Å²) in [6, 6.07) is 6.10. The fourth-order valence-electron chi connectivity index (χ4n) is 2.87. The maximum Gasteiger partial charge on any atom is 0.304 e. The van der Waals surface area contributed by atoms with Crippen molar-refractivity contribution in [3.05, 3.63) is 52.5 Å². The highest BCUT2D eigenvalue weighted by atomic mass is 35.5. The number of carbonyl (C=O) groups is 1. The average molecular weight is 480 g/mol. The van der Waals surface area contributed by atoms with Crippen molar-refractivity contribution in [1.82, 2.24) is 15.5 Å². The number of nitrogens with one attached hydrogen (secondary N) is 1. The van der Waals surface area contributed by atoms with Crippen molar-refractivity contribution in [2.24, 2.45) is 0 Å². The Balaban J connectivity index is 1.80. The van der Waals surface area contributed by atoms with E-state index in [0.717, 1.165) is 17.8 Å². The molecule has 3 rings (SSSR count). The molecule has 1 N–H and O–H groups in total. The quantitative estimate of drug-likeness (QED) is 0.376. The number of rotatable bonds is 7. The second-order valence-corrected chi connectivity index (χ2v) is 8.92. The second-order valence-electron chi connectivity index (χ2n) is 7.61. The molecule has 6 nitrogen and oxygen atoms in total. The van der Waals surface area contributed by atoms with Crippen molar-refractivity contribution in [2.75, 3.05) is 6.26 Å². The number of alkyl halides is 2. The zero-order valence-corrected chi connectivity index (χ0v) is 19.3. The number of halogens is 3. The first kappa shape index (κ1) is 23.8. The molecule has 0 bridgehead atoms. The van der Waals surface area contributed by atoms with Crippen LogP contribution >= 0.6 is 23.4 Å². The predicted octanol–water partition coefficient (Wildman–Crippen LogP) is 5.09. The van der Waals surface area contributed by atoms with Crippen LogP contribution in [-0.2, 0) is 16.3 Å². The molecule has 0 aliphatic heterocycles. The molecule has 168 valence electrons. The fourth-order valence-corrected chi connectivity index (χ4v) is 3.61. The highest BCUT2D eigenvalue weighted by molar-refractivity contribution is 7.99. The van der Waals surface area contributed by atoms with Gasteiger partial charge in [-0.15, -0.1) is 18.2 Å². The maximum atomic E-state index is 13.5. The van der Waals surface area contributed by atoms with E-state index in [4.69, 9.17) is 27.3 Å². The second kappa shape index (κ2) is 8.96. The van der Waals surface area contributed by atoms with Crippen LogP contribution in [0.25, 0.3) is 10.9 Å². The van der Waals surface area contributed by atoms with Crippen LogP contribution in [0.3, 0.4) is 0 Å². The third-order valence-corrected chi connectivity index (χ3v) is 5.59. The molecule has 0 aliphatic rings. The van der Waals surface area contributed by atoms with E-state index in [2.05, 4.69) is 21.4 Å². The lowest BCUT2D eigenvalue weighted by Crippen LogP contribution is -2.46. The Morgan fingerprint density at radius 3 is 2.62 bits per heavy atom. The number of pyridine rings is 1. The van der Waals surface area contributed by atoms with E-state index in [-0.39, 0.29) is 5.69 Å². The summed E-state index contributed by atoms with van der Waals surface area (Å²) >= 11 is 7.46. The molecule has 0 spiro atoms. The molecular formula is C22H20ClF2N3O3S. The summed E-state index contributed by atoms with van der Waals surface area (Å²) in [4.78, 5) is 17.1. The van der Waals surface area contributed by atoms with Crippen LogP contribution in [0, 0.1) is 12.3 Å². The topological polar surface area (TPSA) is 77.2 Å². The van der Waals surface area contributed by atoms with Crippen molar-refractivity contribution in [3.63, 3.8) is 0 Å². The molecule has 0 saturated carbocycles. The molecule has 32 heavy (non-hydrogen) atoms. The average Bonchev–Trinajstić information content (AvgIpc) is 3.23. The third-order valence-electron chi connectivity index (χ3n) is 4.57. The molecule has 3 aromatic rings. The lowest BCUT2D eigenvalue weighted by molar-refractivity contribution is -0.126. The number of terminal acetylenes is 1. The van der Waals surface area contributed by atoms with Gasteiger partial charge in [-0.25, -0.2) is 0 Å². The van der Waals surface area contributed by atoms with Gasteiger partial charge in [-0.3, -0.25) is 9.78 Å². The number of hydrogen-bond donors (Lipinski definition) is 1. The number of fused-ring (bicyclic) bond motifs is 1. The predicted molar refractivity (Wildman–Crippen MR) is 120 cm³/mol. The summed E-state index contributed by atoms with van der Waals surface area (Å²) < 4.78 is 37.5. The van der Waals surface area contributed by atoms with Gasteiger partial charge in [0.15, 0.2) is 0 Å². The van der Waals surface area contributed by atoms with Gasteiger partial charge in [-0.1, -0.05) is 22.7 Å². The molecule has 10 heteroatoms. The van der Waals surface area contributed by atoms with Gasteiger partial charge in [0.25, 0.3) is 5.91 Å². The van der Waals surface area contributed by atoms with Crippen LogP contribution < -0.4 is 10.1 Å². The van der Waals surface area contributed by atoms with E-state index in [1.54, 1.807) is 44.5 Å². The Morgan fingerprint density at radius 1 is 1.31 bits per heavy atom. The van der Waals surface area contributed by atoms with Crippen molar-refractivity contribution in [2.45, 2.75) is 37.7 Å².